The third-order valence-electron chi connectivity index (χ3n) is 2.82. The molecule has 0 unspecified atom stereocenters. The smallest absolute Gasteiger partial charge is 0.298 e. The molecule has 0 fully saturated rings. The molecular weight excluding hydrogens is 330 g/mol. The van der Waals surface area contributed by atoms with E-state index in [1.54, 1.807) is 12.1 Å². The highest BCUT2D eigenvalue weighted by atomic mass is 32.2. The number of rotatable bonds is 4. The largest absolute Gasteiger partial charge is 0.506 e. The average Bonchev–Trinajstić information content (AvgIpc) is 2.37. The van der Waals surface area contributed by atoms with Crippen molar-refractivity contribution in [3.05, 3.63) is 48.0 Å². The van der Waals surface area contributed by atoms with Crippen LogP contribution in [0.2, 0.25) is 0 Å². The van der Waals surface area contributed by atoms with E-state index < -0.39 is 30.8 Å². The topological polar surface area (TPSA) is 121 Å². The molecule has 2 rings (SSSR count). The molecule has 0 aliphatic heterocycles. The number of benzene rings is 2. The highest BCUT2D eigenvalue weighted by molar-refractivity contribution is 7.92. The second-order valence-corrected chi connectivity index (χ2v) is 7.65. The summed E-state index contributed by atoms with van der Waals surface area (Å²) in [7, 11) is -8.45. The number of aryl methyl sites for hydroxylation is 1. The van der Waals surface area contributed by atoms with Gasteiger partial charge >= 0.3 is 0 Å². The van der Waals surface area contributed by atoms with Crippen molar-refractivity contribution in [1.82, 2.24) is 0 Å². The molecule has 0 bridgehead atoms. The van der Waals surface area contributed by atoms with Gasteiger partial charge < -0.3 is 5.11 Å². The van der Waals surface area contributed by atoms with E-state index >= 15 is 0 Å². The molecule has 0 aliphatic rings. The zero-order valence-corrected chi connectivity index (χ0v) is 13.0. The predicted molar refractivity (Wildman–Crippen MR) is 79.9 cm³/mol. The number of phenols is 1. The summed E-state index contributed by atoms with van der Waals surface area (Å²) in [4.78, 5) is -0.678. The van der Waals surface area contributed by atoms with Gasteiger partial charge in [0.1, 0.15) is 10.6 Å². The average molecular weight is 343 g/mol. The maximum Gasteiger partial charge on any atom is 0.298 e. The Kier molecular flexibility index (Phi) is 4.14. The Morgan fingerprint density at radius 1 is 0.955 bits per heavy atom. The summed E-state index contributed by atoms with van der Waals surface area (Å²) < 4.78 is 57.3. The zero-order valence-electron chi connectivity index (χ0n) is 11.4. The van der Waals surface area contributed by atoms with Crippen molar-refractivity contribution in [3.8, 4) is 5.75 Å². The molecule has 0 heterocycles. The van der Waals surface area contributed by atoms with Gasteiger partial charge in [-0.15, -0.1) is 0 Å². The van der Waals surface area contributed by atoms with Crippen molar-refractivity contribution < 1.29 is 26.5 Å². The summed E-state index contributed by atoms with van der Waals surface area (Å²) in [6, 6.07) is 9.02. The van der Waals surface area contributed by atoms with Gasteiger partial charge in [0.25, 0.3) is 20.1 Å². The minimum atomic E-state index is -4.58. The van der Waals surface area contributed by atoms with Gasteiger partial charge in [-0.3, -0.25) is 9.27 Å². The Morgan fingerprint density at radius 3 is 2.05 bits per heavy atom. The molecule has 7 nitrogen and oxygen atoms in total. The first-order chi connectivity index (χ1) is 10.1. The lowest BCUT2D eigenvalue weighted by molar-refractivity contribution is 0.443. The normalized spacial score (nSPS) is 12.1. The van der Waals surface area contributed by atoms with Crippen molar-refractivity contribution >= 4 is 25.8 Å². The van der Waals surface area contributed by atoms with Crippen LogP contribution < -0.4 is 4.72 Å². The first-order valence-corrected chi connectivity index (χ1v) is 8.92. The molecule has 0 atom stereocenters. The van der Waals surface area contributed by atoms with Crippen LogP contribution in [0.1, 0.15) is 5.56 Å². The van der Waals surface area contributed by atoms with Crippen LogP contribution in [-0.4, -0.2) is 26.5 Å². The number of anilines is 1. The van der Waals surface area contributed by atoms with Gasteiger partial charge in [-0.1, -0.05) is 17.7 Å². The Hall–Kier alpha value is -2.10. The molecule has 0 amide bonds. The first-order valence-electron chi connectivity index (χ1n) is 5.99. The lowest BCUT2D eigenvalue weighted by atomic mass is 10.2. The molecule has 0 saturated heterocycles. The molecule has 22 heavy (non-hydrogen) atoms. The Morgan fingerprint density at radius 2 is 1.55 bits per heavy atom. The SMILES string of the molecule is Cc1ccc(S(=O)(=O)Nc2ccc(S(=O)(=O)O)c(O)c2)cc1. The summed E-state index contributed by atoms with van der Waals surface area (Å²) in [5.41, 5.74) is 0.861. The second kappa shape index (κ2) is 5.59. The fourth-order valence-electron chi connectivity index (χ4n) is 1.73. The van der Waals surface area contributed by atoms with Gasteiger partial charge in [0.2, 0.25) is 0 Å². The first kappa shape index (κ1) is 16.3. The highest BCUT2D eigenvalue weighted by Gasteiger charge is 2.18. The lowest BCUT2D eigenvalue weighted by Crippen LogP contribution is -2.13. The van der Waals surface area contributed by atoms with Crippen LogP contribution in [0.25, 0.3) is 0 Å². The second-order valence-electron chi connectivity index (χ2n) is 4.58. The summed E-state index contributed by atoms with van der Waals surface area (Å²) in [6.07, 6.45) is 0. The molecule has 3 N–H and O–H groups in total. The van der Waals surface area contributed by atoms with Gasteiger partial charge in [0.05, 0.1) is 10.6 Å². The monoisotopic (exact) mass is 343 g/mol. The molecule has 118 valence electrons. The lowest BCUT2D eigenvalue weighted by Gasteiger charge is -2.09. The number of phenolic OH excluding ortho intramolecular Hbond substituents is 1. The zero-order chi connectivity index (χ0) is 16.5. The van der Waals surface area contributed by atoms with E-state index in [2.05, 4.69) is 4.72 Å². The summed E-state index contributed by atoms with van der Waals surface area (Å²) in [5, 5.41) is 9.56. The van der Waals surface area contributed by atoms with Gasteiger partial charge in [0, 0.05) is 6.07 Å². The quantitative estimate of drug-likeness (QED) is 0.727. The fraction of sp³-hybridized carbons (Fsp3) is 0.0769. The highest BCUT2D eigenvalue weighted by Crippen LogP contribution is 2.27. The summed E-state index contributed by atoms with van der Waals surface area (Å²) in [6.45, 7) is 1.82. The molecule has 0 aromatic heterocycles. The van der Waals surface area contributed by atoms with Crippen LogP contribution >= 0.6 is 0 Å². The van der Waals surface area contributed by atoms with Crippen LogP contribution in [0.5, 0.6) is 5.75 Å². The fourth-order valence-corrected chi connectivity index (χ4v) is 3.34. The third-order valence-corrected chi connectivity index (χ3v) is 5.12. The van der Waals surface area contributed by atoms with Crippen LogP contribution in [0.3, 0.4) is 0 Å². The minimum absolute atomic E-state index is 0.0245. The molecule has 0 saturated carbocycles. The number of sulfonamides is 1. The van der Waals surface area contributed by atoms with E-state index in [1.165, 1.54) is 12.1 Å². The van der Waals surface area contributed by atoms with Crippen LogP contribution in [0.4, 0.5) is 5.69 Å². The Balaban J connectivity index is 2.35. The molecular formula is C13H13NO6S2. The maximum atomic E-state index is 12.1. The van der Waals surface area contributed by atoms with E-state index in [0.717, 1.165) is 23.8 Å². The van der Waals surface area contributed by atoms with Crippen molar-refractivity contribution in [2.24, 2.45) is 0 Å². The van der Waals surface area contributed by atoms with Crippen LogP contribution in [0.15, 0.2) is 52.3 Å². The number of nitrogens with one attached hydrogen (secondary N) is 1. The van der Waals surface area contributed by atoms with Crippen molar-refractivity contribution in [2.45, 2.75) is 16.7 Å². The van der Waals surface area contributed by atoms with E-state index in [0.29, 0.717) is 0 Å². The molecule has 2 aromatic rings. The van der Waals surface area contributed by atoms with E-state index in [9.17, 15) is 21.9 Å². The number of hydrogen-bond donors (Lipinski definition) is 3. The standard InChI is InChI=1S/C13H13NO6S2/c1-9-2-5-11(6-3-9)21(16,17)14-10-4-7-13(12(15)8-10)22(18,19)20/h2-8,14-15H,1H3,(H,18,19,20). The summed E-state index contributed by atoms with van der Waals surface area (Å²) >= 11 is 0. The Bertz CT molecular complexity index is 902. The minimum Gasteiger partial charge on any atom is -0.506 e. The van der Waals surface area contributed by atoms with Gasteiger partial charge in [0.15, 0.2) is 0 Å². The predicted octanol–water partition coefficient (Wildman–Crippen LogP) is 1.75. The molecule has 9 heteroatoms. The van der Waals surface area contributed by atoms with Crippen LogP contribution in [-0.2, 0) is 20.1 Å². The van der Waals surface area contributed by atoms with Gasteiger partial charge in [-0.05, 0) is 31.2 Å². The molecule has 0 radical (unpaired) electrons. The maximum absolute atomic E-state index is 12.1. The third kappa shape index (κ3) is 3.56. The van der Waals surface area contributed by atoms with E-state index in [-0.39, 0.29) is 10.6 Å². The number of aromatic hydroxyl groups is 1. The Labute approximate surface area is 128 Å². The van der Waals surface area contributed by atoms with E-state index in [1.807, 2.05) is 6.92 Å². The van der Waals surface area contributed by atoms with Crippen molar-refractivity contribution in [3.63, 3.8) is 0 Å². The van der Waals surface area contributed by atoms with Crippen molar-refractivity contribution in [1.29, 1.82) is 0 Å². The molecule has 2 aromatic carbocycles. The number of hydrogen-bond acceptors (Lipinski definition) is 5. The van der Waals surface area contributed by atoms with Gasteiger partial charge in [-0.2, -0.15) is 8.42 Å². The van der Waals surface area contributed by atoms with Gasteiger partial charge in [-0.25, -0.2) is 8.42 Å². The molecule has 0 spiro atoms. The van der Waals surface area contributed by atoms with Crippen LogP contribution in [0, 0.1) is 6.92 Å². The van der Waals surface area contributed by atoms with E-state index in [4.69, 9.17) is 4.55 Å². The van der Waals surface area contributed by atoms with Crippen molar-refractivity contribution in [2.75, 3.05) is 4.72 Å². The summed E-state index contributed by atoms with van der Waals surface area (Å²) in [5.74, 6) is -0.758. The molecule has 0 aliphatic carbocycles.